The smallest absolute Gasteiger partial charge is 0.261 e. The maximum Gasteiger partial charge on any atom is 0.261 e. The molecule has 0 saturated carbocycles. The zero-order chi connectivity index (χ0) is 20.6. The number of hydrogen-bond acceptors (Lipinski definition) is 4. The van der Waals surface area contributed by atoms with E-state index >= 15 is 0 Å². The molecule has 1 saturated heterocycles. The first-order valence-corrected chi connectivity index (χ1v) is 10.4. The van der Waals surface area contributed by atoms with E-state index in [1.54, 1.807) is 0 Å². The first-order chi connectivity index (χ1) is 14.0. The molecule has 1 aliphatic heterocycles. The van der Waals surface area contributed by atoms with Gasteiger partial charge in [-0.3, -0.25) is 9.69 Å². The molecule has 156 valence electrons. The maximum absolute atomic E-state index is 12.6. The molecule has 29 heavy (non-hydrogen) atoms. The fourth-order valence-corrected chi connectivity index (χ4v) is 3.36. The number of morpholine rings is 1. The highest BCUT2D eigenvalue weighted by Gasteiger charge is 2.18. The lowest BCUT2D eigenvalue weighted by atomic mass is 10.1. The molecule has 1 N–H and O–H groups in total. The highest BCUT2D eigenvalue weighted by molar-refractivity contribution is 5.81. The molecule has 0 radical (unpaired) electrons. The summed E-state index contributed by atoms with van der Waals surface area (Å²) in [5, 5.41) is 3.01. The average molecular weight is 397 g/mol. The summed E-state index contributed by atoms with van der Waals surface area (Å²) >= 11 is 0. The lowest BCUT2D eigenvalue weighted by molar-refractivity contribution is -0.128. The molecule has 1 unspecified atom stereocenters. The van der Waals surface area contributed by atoms with Gasteiger partial charge in [-0.2, -0.15) is 0 Å². The fourth-order valence-electron chi connectivity index (χ4n) is 3.36. The highest BCUT2D eigenvalue weighted by atomic mass is 16.5. The van der Waals surface area contributed by atoms with Crippen molar-refractivity contribution in [1.82, 2.24) is 10.2 Å². The zero-order valence-corrected chi connectivity index (χ0v) is 17.7. The van der Waals surface area contributed by atoms with E-state index in [1.165, 1.54) is 11.1 Å². The van der Waals surface area contributed by atoms with E-state index < -0.39 is 6.10 Å². The summed E-state index contributed by atoms with van der Waals surface area (Å²) in [5.41, 5.74) is 4.75. The van der Waals surface area contributed by atoms with Crippen LogP contribution in [-0.2, 0) is 22.6 Å². The van der Waals surface area contributed by atoms with Crippen LogP contribution < -0.4 is 10.1 Å². The predicted molar refractivity (Wildman–Crippen MR) is 115 cm³/mol. The molecule has 1 heterocycles. The van der Waals surface area contributed by atoms with Gasteiger partial charge in [0.25, 0.3) is 5.91 Å². The third kappa shape index (κ3) is 6.31. The van der Waals surface area contributed by atoms with Crippen molar-refractivity contribution >= 4 is 5.91 Å². The predicted octanol–water partition coefficient (Wildman–Crippen LogP) is 3.61. The molecule has 3 rings (SSSR count). The number of rotatable bonds is 8. The summed E-state index contributed by atoms with van der Waals surface area (Å²) in [6.45, 7) is 11.1. The zero-order valence-electron chi connectivity index (χ0n) is 17.7. The van der Waals surface area contributed by atoms with Crippen LogP contribution in [0.2, 0.25) is 0 Å². The minimum atomic E-state index is -0.488. The summed E-state index contributed by atoms with van der Waals surface area (Å²) in [6.07, 6.45) is 0.134. The normalized spacial score (nSPS) is 15.7. The molecule has 0 bridgehead atoms. The van der Waals surface area contributed by atoms with Gasteiger partial charge in [-0.05, 0) is 54.7 Å². The molecule has 0 aromatic heterocycles. The molecule has 0 spiro atoms. The standard InChI is InChI=1S/C24H32N2O3/c1-4-23(29-22-10-5-18(2)19(3)15-22)24(27)25-16-20-6-8-21(9-7-20)17-26-11-13-28-14-12-26/h5-10,15,23H,4,11-14,16-17H2,1-3H3,(H,25,27). The minimum Gasteiger partial charge on any atom is -0.481 e. The van der Waals surface area contributed by atoms with Crippen LogP contribution in [0.5, 0.6) is 5.75 Å². The van der Waals surface area contributed by atoms with Crippen molar-refractivity contribution in [3.05, 3.63) is 64.7 Å². The van der Waals surface area contributed by atoms with E-state index in [2.05, 4.69) is 41.4 Å². The molecule has 2 aromatic rings. The molecule has 2 aromatic carbocycles. The monoisotopic (exact) mass is 396 g/mol. The van der Waals surface area contributed by atoms with E-state index in [-0.39, 0.29) is 5.91 Å². The highest BCUT2D eigenvalue weighted by Crippen LogP contribution is 2.18. The van der Waals surface area contributed by atoms with E-state index in [1.807, 2.05) is 32.0 Å². The summed E-state index contributed by atoms with van der Waals surface area (Å²) in [4.78, 5) is 15.0. The van der Waals surface area contributed by atoms with Gasteiger partial charge >= 0.3 is 0 Å². The number of benzene rings is 2. The van der Waals surface area contributed by atoms with Gasteiger partial charge in [0.2, 0.25) is 0 Å². The van der Waals surface area contributed by atoms with Gasteiger partial charge in [-0.25, -0.2) is 0 Å². The van der Waals surface area contributed by atoms with Gasteiger partial charge in [0, 0.05) is 26.2 Å². The van der Waals surface area contributed by atoms with E-state index in [0.29, 0.717) is 13.0 Å². The topological polar surface area (TPSA) is 50.8 Å². The van der Waals surface area contributed by atoms with Crippen molar-refractivity contribution in [2.24, 2.45) is 0 Å². The van der Waals surface area contributed by atoms with Crippen LogP contribution in [0.25, 0.3) is 0 Å². The van der Waals surface area contributed by atoms with Crippen LogP contribution in [0.15, 0.2) is 42.5 Å². The molecule has 5 heteroatoms. The summed E-state index contributed by atoms with van der Waals surface area (Å²) < 4.78 is 11.3. The Morgan fingerprint density at radius 1 is 1.07 bits per heavy atom. The lowest BCUT2D eigenvalue weighted by Crippen LogP contribution is -2.37. The molecule has 0 aliphatic carbocycles. The van der Waals surface area contributed by atoms with Crippen LogP contribution in [0.1, 0.15) is 35.6 Å². The average Bonchev–Trinajstić information content (AvgIpc) is 2.74. The summed E-state index contributed by atoms with van der Waals surface area (Å²) in [5.74, 6) is 0.658. The second-order valence-electron chi connectivity index (χ2n) is 7.68. The van der Waals surface area contributed by atoms with Gasteiger partial charge in [0.15, 0.2) is 6.10 Å². The van der Waals surface area contributed by atoms with Crippen molar-refractivity contribution in [2.75, 3.05) is 26.3 Å². The lowest BCUT2D eigenvalue weighted by Gasteiger charge is -2.26. The Kier molecular flexibility index (Phi) is 7.67. The molecule has 5 nitrogen and oxygen atoms in total. The molecular weight excluding hydrogens is 364 g/mol. The van der Waals surface area contributed by atoms with Gasteiger partial charge < -0.3 is 14.8 Å². The Labute approximate surface area is 174 Å². The third-order valence-corrected chi connectivity index (χ3v) is 5.42. The van der Waals surface area contributed by atoms with E-state index in [0.717, 1.165) is 49.7 Å². The number of ether oxygens (including phenoxy) is 2. The Morgan fingerprint density at radius 3 is 2.41 bits per heavy atom. The Balaban J connectivity index is 1.49. The largest absolute Gasteiger partial charge is 0.481 e. The van der Waals surface area contributed by atoms with Crippen LogP contribution in [0.4, 0.5) is 0 Å². The van der Waals surface area contributed by atoms with Gasteiger partial charge in [0.1, 0.15) is 5.75 Å². The first-order valence-electron chi connectivity index (χ1n) is 10.4. The van der Waals surface area contributed by atoms with E-state index in [9.17, 15) is 4.79 Å². The Bertz CT molecular complexity index is 798. The Hall–Kier alpha value is -2.37. The summed E-state index contributed by atoms with van der Waals surface area (Å²) in [7, 11) is 0. The van der Waals surface area contributed by atoms with E-state index in [4.69, 9.17) is 9.47 Å². The van der Waals surface area contributed by atoms with Crippen LogP contribution >= 0.6 is 0 Å². The van der Waals surface area contributed by atoms with Crippen molar-refractivity contribution in [1.29, 1.82) is 0 Å². The number of nitrogens with zero attached hydrogens (tertiary/aromatic N) is 1. The molecule has 1 atom stereocenters. The fraction of sp³-hybridized carbons (Fsp3) is 0.458. The van der Waals surface area contributed by atoms with Crippen LogP contribution in [0.3, 0.4) is 0 Å². The van der Waals surface area contributed by atoms with Crippen molar-refractivity contribution in [3.8, 4) is 5.75 Å². The van der Waals surface area contributed by atoms with Gasteiger partial charge in [-0.1, -0.05) is 37.3 Å². The number of nitrogens with one attached hydrogen (secondary N) is 1. The number of carbonyl (C=O) groups excluding carboxylic acids is 1. The molecule has 1 aliphatic rings. The number of hydrogen-bond donors (Lipinski definition) is 1. The maximum atomic E-state index is 12.6. The SMILES string of the molecule is CCC(Oc1ccc(C)c(C)c1)C(=O)NCc1ccc(CN2CCOCC2)cc1. The second-order valence-corrected chi connectivity index (χ2v) is 7.68. The second kappa shape index (κ2) is 10.4. The molecular formula is C24H32N2O3. The van der Waals surface area contributed by atoms with Gasteiger partial charge in [0.05, 0.1) is 13.2 Å². The van der Waals surface area contributed by atoms with Crippen molar-refractivity contribution < 1.29 is 14.3 Å². The third-order valence-electron chi connectivity index (χ3n) is 5.42. The van der Waals surface area contributed by atoms with Crippen LogP contribution in [-0.4, -0.2) is 43.2 Å². The van der Waals surface area contributed by atoms with Gasteiger partial charge in [-0.15, -0.1) is 0 Å². The summed E-state index contributed by atoms with van der Waals surface area (Å²) in [6, 6.07) is 14.4. The quantitative estimate of drug-likeness (QED) is 0.741. The van der Waals surface area contributed by atoms with Crippen molar-refractivity contribution in [2.45, 2.75) is 46.4 Å². The van der Waals surface area contributed by atoms with Crippen molar-refractivity contribution in [3.63, 3.8) is 0 Å². The minimum absolute atomic E-state index is 0.0804. The first kappa shape index (κ1) is 21.3. The molecule has 1 fully saturated rings. The molecule has 1 amide bonds. The number of aryl methyl sites for hydroxylation is 2. The Morgan fingerprint density at radius 2 is 1.76 bits per heavy atom. The van der Waals surface area contributed by atoms with Crippen LogP contribution in [0, 0.1) is 13.8 Å². The number of amides is 1. The number of carbonyl (C=O) groups is 1.